The van der Waals surface area contributed by atoms with Gasteiger partial charge in [-0.3, -0.25) is 14.4 Å². The van der Waals surface area contributed by atoms with Crippen molar-refractivity contribution in [2.45, 2.75) is 51.6 Å². The molecule has 7 heteroatoms. The molecule has 27 heavy (non-hydrogen) atoms. The molecule has 0 bridgehead atoms. The van der Waals surface area contributed by atoms with E-state index in [0.717, 1.165) is 5.56 Å². The fraction of sp³-hybridized carbons (Fsp3) is 0.450. The highest BCUT2D eigenvalue weighted by atomic mass is 16.6. The lowest BCUT2D eigenvalue weighted by Crippen LogP contribution is -2.53. The summed E-state index contributed by atoms with van der Waals surface area (Å²) < 4.78 is 21.5. The third-order valence-corrected chi connectivity index (χ3v) is 3.74. The fourth-order valence-electron chi connectivity index (χ4n) is 2.71. The van der Waals surface area contributed by atoms with Gasteiger partial charge in [0.05, 0.1) is 0 Å². The van der Waals surface area contributed by atoms with Gasteiger partial charge in [-0.05, 0) is 12.1 Å². The Labute approximate surface area is 157 Å². The molecular weight excluding hydrogens is 352 g/mol. The van der Waals surface area contributed by atoms with Crippen LogP contribution in [0.4, 0.5) is 0 Å². The van der Waals surface area contributed by atoms with Crippen molar-refractivity contribution in [2.24, 2.45) is 0 Å². The van der Waals surface area contributed by atoms with Crippen molar-refractivity contribution in [3.8, 4) is 11.8 Å². The molecule has 0 spiro atoms. The van der Waals surface area contributed by atoms with Crippen LogP contribution in [-0.4, -0.2) is 48.9 Å². The molecule has 1 aromatic rings. The monoisotopic (exact) mass is 374 g/mol. The summed E-state index contributed by atoms with van der Waals surface area (Å²) in [5.41, 5.74) is 0.809. The van der Waals surface area contributed by atoms with Crippen LogP contribution < -0.4 is 0 Å². The first-order chi connectivity index (χ1) is 12.8. The molecule has 1 fully saturated rings. The highest BCUT2D eigenvalue weighted by Crippen LogP contribution is 2.26. The third-order valence-electron chi connectivity index (χ3n) is 3.74. The van der Waals surface area contributed by atoms with Crippen LogP contribution >= 0.6 is 0 Å². The normalized spacial score (nSPS) is 24.1. The number of carbonyl (C=O) groups excluding carboxylic acids is 3. The van der Waals surface area contributed by atoms with Crippen molar-refractivity contribution >= 4 is 17.9 Å². The standard InChI is InChI=1S/C20H22O7/c1-13(21)24-12-19-20(26-15(3)23)18(25-14(2)22)11-17(27-19)10-9-16-7-5-4-6-8-16/h4-8,17-20H,11-12H2,1-3H3/t17-,18-,19-,20+/m1/s1. The van der Waals surface area contributed by atoms with Crippen LogP contribution in [0.1, 0.15) is 32.8 Å². The second-order valence-corrected chi connectivity index (χ2v) is 6.06. The van der Waals surface area contributed by atoms with E-state index in [1.165, 1.54) is 20.8 Å². The number of hydrogen-bond acceptors (Lipinski definition) is 7. The van der Waals surface area contributed by atoms with Gasteiger partial charge in [0.15, 0.2) is 6.10 Å². The highest BCUT2D eigenvalue weighted by molar-refractivity contribution is 5.67. The number of hydrogen-bond donors (Lipinski definition) is 0. The molecule has 2 rings (SSSR count). The van der Waals surface area contributed by atoms with E-state index in [9.17, 15) is 14.4 Å². The van der Waals surface area contributed by atoms with Gasteiger partial charge < -0.3 is 18.9 Å². The Morgan fingerprint density at radius 1 is 1.04 bits per heavy atom. The summed E-state index contributed by atoms with van der Waals surface area (Å²) in [7, 11) is 0. The molecule has 0 amide bonds. The van der Waals surface area contributed by atoms with Gasteiger partial charge >= 0.3 is 17.9 Å². The van der Waals surface area contributed by atoms with Crippen molar-refractivity contribution < 1.29 is 33.3 Å². The van der Waals surface area contributed by atoms with Gasteiger partial charge in [0.2, 0.25) is 0 Å². The van der Waals surface area contributed by atoms with Crippen molar-refractivity contribution in [3.63, 3.8) is 0 Å². The molecule has 0 radical (unpaired) electrons. The van der Waals surface area contributed by atoms with Crippen molar-refractivity contribution in [1.29, 1.82) is 0 Å². The quantitative estimate of drug-likeness (QED) is 0.449. The minimum absolute atomic E-state index is 0.144. The minimum Gasteiger partial charge on any atom is -0.463 e. The minimum atomic E-state index is -0.888. The van der Waals surface area contributed by atoms with Crippen LogP contribution in [0.2, 0.25) is 0 Å². The molecule has 1 aliphatic heterocycles. The Morgan fingerprint density at radius 2 is 1.70 bits per heavy atom. The number of benzene rings is 1. The fourth-order valence-corrected chi connectivity index (χ4v) is 2.71. The second-order valence-electron chi connectivity index (χ2n) is 6.06. The number of rotatable bonds is 4. The summed E-state index contributed by atoms with van der Waals surface area (Å²) in [6.07, 6.45) is -2.79. The molecule has 0 unspecified atom stereocenters. The largest absolute Gasteiger partial charge is 0.463 e. The van der Waals surface area contributed by atoms with Crippen molar-refractivity contribution in [3.05, 3.63) is 35.9 Å². The Kier molecular flexibility index (Phi) is 7.38. The summed E-state index contributed by atoms with van der Waals surface area (Å²) in [5, 5.41) is 0. The number of esters is 3. The molecule has 0 N–H and O–H groups in total. The van der Waals surface area contributed by atoms with Crippen LogP contribution in [0, 0.1) is 11.8 Å². The average Bonchev–Trinajstić information content (AvgIpc) is 2.60. The second kappa shape index (κ2) is 9.74. The van der Waals surface area contributed by atoms with Gasteiger partial charge in [-0.15, -0.1) is 0 Å². The van der Waals surface area contributed by atoms with Crippen LogP contribution in [0.25, 0.3) is 0 Å². The van der Waals surface area contributed by atoms with E-state index >= 15 is 0 Å². The zero-order chi connectivity index (χ0) is 19.8. The Balaban J connectivity index is 2.22. The lowest BCUT2D eigenvalue weighted by atomic mass is 9.97. The number of ether oxygens (including phenoxy) is 4. The van der Waals surface area contributed by atoms with E-state index in [-0.39, 0.29) is 13.0 Å². The molecule has 7 nitrogen and oxygen atoms in total. The summed E-state index contributed by atoms with van der Waals surface area (Å²) in [4.78, 5) is 34.1. The van der Waals surface area contributed by atoms with Crippen molar-refractivity contribution in [1.82, 2.24) is 0 Å². The molecule has 1 aromatic carbocycles. The van der Waals surface area contributed by atoms with Crippen LogP contribution in [0.5, 0.6) is 0 Å². The maximum atomic E-state index is 11.5. The van der Waals surface area contributed by atoms with E-state index < -0.39 is 42.3 Å². The van der Waals surface area contributed by atoms with E-state index in [4.69, 9.17) is 18.9 Å². The molecule has 1 saturated heterocycles. The topological polar surface area (TPSA) is 88.1 Å². The molecule has 1 heterocycles. The molecule has 0 aliphatic carbocycles. The van der Waals surface area contributed by atoms with Gasteiger partial charge in [-0.1, -0.05) is 30.0 Å². The predicted molar refractivity (Wildman–Crippen MR) is 94.3 cm³/mol. The highest BCUT2D eigenvalue weighted by Gasteiger charge is 2.43. The maximum absolute atomic E-state index is 11.5. The van der Waals surface area contributed by atoms with Gasteiger partial charge in [0, 0.05) is 32.8 Å². The first-order valence-corrected chi connectivity index (χ1v) is 8.55. The third kappa shape index (κ3) is 6.76. The predicted octanol–water partition coefficient (Wildman–Crippen LogP) is 1.62. The van der Waals surface area contributed by atoms with E-state index in [0.29, 0.717) is 0 Å². The summed E-state index contributed by atoms with van der Waals surface area (Å²) >= 11 is 0. The van der Waals surface area contributed by atoms with Crippen molar-refractivity contribution in [2.75, 3.05) is 6.61 Å². The lowest BCUT2D eigenvalue weighted by Gasteiger charge is -2.38. The Morgan fingerprint density at radius 3 is 2.30 bits per heavy atom. The van der Waals surface area contributed by atoms with E-state index in [1.54, 1.807) is 0 Å². The summed E-state index contributed by atoms with van der Waals surface area (Å²) in [6, 6.07) is 9.34. The molecular formula is C20H22O7. The first-order valence-electron chi connectivity index (χ1n) is 8.55. The van der Waals surface area contributed by atoms with Gasteiger partial charge in [0.1, 0.15) is 24.9 Å². The first kappa shape index (κ1) is 20.5. The molecule has 0 aromatic heterocycles. The van der Waals surface area contributed by atoms with Crippen LogP contribution in [0.15, 0.2) is 30.3 Å². The zero-order valence-corrected chi connectivity index (χ0v) is 15.5. The molecule has 1 aliphatic rings. The van der Waals surface area contributed by atoms with Gasteiger partial charge in [-0.2, -0.15) is 0 Å². The van der Waals surface area contributed by atoms with Gasteiger partial charge in [-0.25, -0.2) is 0 Å². The van der Waals surface area contributed by atoms with Gasteiger partial charge in [0.25, 0.3) is 0 Å². The molecule has 4 atom stereocenters. The number of carbonyl (C=O) groups is 3. The lowest BCUT2D eigenvalue weighted by molar-refractivity contribution is -0.208. The summed E-state index contributed by atoms with van der Waals surface area (Å²) in [6.45, 7) is 3.63. The average molecular weight is 374 g/mol. The zero-order valence-electron chi connectivity index (χ0n) is 15.5. The summed E-state index contributed by atoms with van der Waals surface area (Å²) in [5.74, 6) is 4.42. The van der Waals surface area contributed by atoms with E-state index in [1.807, 2.05) is 30.3 Å². The SMILES string of the molecule is CC(=O)OC[C@H]1O[C@H](C#Cc2ccccc2)C[C@@H](OC(C)=O)[C@@H]1OC(C)=O. The van der Waals surface area contributed by atoms with Crippen LogP contribution in [0.3, 0.4) is 0 Å². The molecule has 144 valence electrons. The van der Waals surface area contributed by atoms with E-state index in [2.05, 4.69) is 11.8 Å². The Hall–Kier alpha value is -2.85. The maximum Gasteiger partial charge on any atom is 0.303 e. The molecule has 0 saturated carbocycles. The smallest absolute Gasteiger partial charge is 0.303 e. The van der Waals surface area contributed by atoms with Crippen LogP contribution in [-0.2, 0) is 33.3 Å². The Bertz CT molecular complexity index is 732.